The minimum absolute atomic E-state index is 0.107. The number of halogens is 1. The predicted octanol–water partition coefficient (Wildman–Crippen LogP) is 1.28. The van der Waals surface area contributed by atoms with E-state index in [0.29, 0.717) is 5.75 Å². The molecule has 0 spiro atoms. The summed E-state index contributed by atoms with van der Waals surface area (Å²) in [5.41, 5.74) is 4.97. The fraction of sp³-hybridized carbons (Fsp3) is 0.125. The third-order valence-corrected chi connectivity index (χ3v) is 4.53. The summed E-state index contributed by atoms with van der Waals surface area (Å²) in [6, 6.07) is 8.39. The average molecular weight is 382 g/mol. The number of esters is 1. The molecule has 10 heteroatoms. The molecule has 0 saturated carbocycles. The van der Waals surface area contributed by atoms with Crippen LogP contribution in [0.1, 0.15) is 10.4 Å². The highest BCUT2D eigenvalue weighted by Crippen LogP contribution is 2.22. The second-order valence-electron chi connectivity index (χ2n) is 5.02. The van der Waals surface area contributed by atoms with Crippen molar-refractivity contribution >= 4 is 27.6 Å². The zero-order valence-corrected chi connectivity index (χ0v) is 14.4. The summed E-state index contributed by atoms with van der Waals surface area (Å²) in [6.45, 7) is -0.323. The highest BCUT2D eigenvalue weighted by molar-refractivity contribution is 7.92. The van der Waals surface area contributed by atoms with Crippen LogP contribution in [0.25, 0.3) is 0 Å². The second-order valence-corrected chi connectivity index (χ2v) is 6.67. The van der Waals surface area contributed by atoms with E-state index in [1.807, 2.05) is 0 Å². The summed E-state index contributed by atoms with van der Waals surface area (Å²) in [5.74, 6) is -2.18. The van der Waals surface area contributed by atoms with Gasteiger partial charge in [0, 0.05) is 5.69 Å². The molecule has 0 radical (unpaired) electrons. The summed E-state index contributed by atoms with van der Waals surface area (Å²) in [4.78, 5) is 21.5. The van der Waals surface area contributed by atoms with E-state index in [0.717, 1.165) is 25.3 Å². The minimum atomic E-state index is -4.29. The van der Waals surface area contributed by atoms with Crippen LogP contribution in [-0.4, -0.2) is 34.0 Å². The van der Waals surface area contributed by atoms with Crippen LogP contribution in [0.2, 0.25) is 0 Å². The molecule has 138 valence electrons. The normalized spacial score (nSPS) is 10.8. The number of nitrogens with one attached hydrogen (secondary N) is 1. The Hall–Kier alpha value is -3.14. The minimum Gasteiger partial charge on any atom is -0.484 e. The van der Waals surface area contributed by atoms with E-state index in [-0.39, 0.29) is 17.9 Å². The number of benzene rings is 2. The smallest absolute Gasteiger partial charge is 0.337 e. The standard InChI is InChI=1S/C16H15FN2O6S/c1-24-16(21)10-2-7-13(17)14(8-10)26(22,23)19-11-3-5-12(6-4-11)25-9-15(18)20/h2-8,19H,9H2,1H3,(H2,18,20). The number of methoxy groups -OCH3 is 1. The van der Waals surface area contributed by atoms with Crippen molar-refractivity contribution in [3.05, 3.63) is 53.8 Å². The van der Waals surface area contributed by atoms with Crippen molar-refractivity contribution in [1.29, 1.82) is 0 Å². The number of hydrogen-bond donors (Lipinski definition) is 2. The molecule has 2 rings (SSSR count). The van der Waals surface area contributed by atoms with E-state index in [9.17, 15) is 22.4 Å². The molecule has 0 atom stereocenters. The molecular weight excluding hydrogens is 367 g/mol. The van der Waals surface area contributed by atoms with Crippen molar-refractivity contribution in [2.45, 2.75) is 4.90 Å². The predicted molar refractivity (Wildman–Crippen MR) is 89.7 cm³/mol. The van der Waals surface area contributed by atoms with Crippen LogP contribution in [0.5, 0.6) is 5.75 Å². The van der Waals surface area contributed by atoms with E-state index in [4.69, 9.17) is 10.5 Å². The molecule has 0 fully saturated rings. The van der Waals surface area contributed by atoms with Crippen LogP contribution in [-0.2, 0) is 19.6 Å². The third-order valence-electron chi connectivity index (χ3n) is 3.13. The molecule has 0 aromatic heterocycles. The van der Waals surface area contributed by atoms with Gasteiger partial charge in [-0.15, -0.1) is 0 Å². The quantitative estimate of drug-likeness (QED) is 0.695. The fourth-order valence-electron chi connectivity index (χ4n) is 1.94. The van der Waals surface area contributed by atoms with Crippen LogP contribution in [0, 0.1) is 5.82 Å². The Morgan fingerprint density at radius 1 is 1.15 bits per heavy atom. The Morgan fingerprint density at radius 3 is 2.38 bits per heavy atom. The van der Waals surface area contributed by atoms with E-state index in [1.54, 1.807) is 0 Å². The lowest BCUT2D eigenvalue weighted by molar-refractivity contribution is -0.119. The van der Waals surface area contributed by atoms with Crippen LogP contribution in [0.3, 0.4) is 0 Å². The first-order chi connectivity index (χ1) is 12.2. The third kappa shape index (κ3) is 4.70. The highest BCUT2D eigenvalue weighted by Gasteiger charge is 2.21. The van der Waals surface area contributed by atoms with Crippen molar-refractivity contribution in [3.8, 4) is 5.75 Å². The number of sulfonamides is 1. The second kappa shape index (κ2) is 7.83. The number of carbonyl (C=O) groups excluding carboxylic acids is 2. The van der Waals surface area contributed by atoms with Crippen molar-refractivity contribution in [3.63, 3.8) is 0 Å². The van der Waals surface area contributed by atoms with Gasteiger partial charge in [-0.3, -0.25) is 9.52 Å². The first kappa shape index (κ1) is 19.2. The molecule has 8 nitrogen and oxygen atoms in total. The zero-order valence-electron chi connectivity index (χ0n) is 13.6. The number of primary amides is 1. The molecule has 0 aliphatic heterocycles. The van der Waals surface area contributed by atoms with Crippen molar-refractivity contribution < 1.29 is 31.9 Å². The lowest BCUT2D eigenvalue weighted by atomic mass is 10.2. The van der Waals surface area contributed by atoms with Gasteiger partial charge in [0.1, 0.15) is 16.5 Å². The molecule has 2 aromatic carbocycles. The zero-order chi connectivity index (χ0) is 19.3. The number of amides is 1. The molecule has 2 aromatic rings. The maximum Gasteiger partial charge on any atom is 0.337 e. The van der Waals surface area contributed by atoms with Crippen molar-refractivity contribution in [2.75, 3.05) is 18.4 Å². The molecule has 26 heavy (non-hydrogen) atoms. The number of nitrogens with two attached hydrogens (primary N) is 1. The maximum absolute atomic E-state index is 13.9. The highest BCUT2D eigenvalue weighted by atomic mass is 32.2. The number of hydrogen-bond acceptors (Lipinski definition) is 6. The summed E-state index contributed by atoms with van der Waals surface area (Å²) in [7, 11) is -3.17. The van der Waals surface area contributed by atoms with E-state index < -0.39 is 32.6 Å². The van der Waals surface area contributed by atoms with Gasteiger partial charge in [-0.1, -0.05) is 0 Å². The number of ether oxygens (including phenoxy) is 2. The molecule has 0 bridgehead atoms. The van der Waals surface area contributed by atoms with Gasteiger partial charge < -0.3 is 15.2 Å². The number of anilines is 1. The van der Waals surface area contributed by atoms with Crippen LogP contribution in [0.4, 0.5) is 10.1 Å². The van der Waals surface area contributed by atoms with Gasteiger partial charge in [-0.25, -0.2) is 17.6 Å². The first-order valence-electron chi connectivity index (χ1n) is 7.15. The first-order valence-corrected chi connectivity index (χ1v) is 8.63. The van der Waals surface area contributed by atoms with Gasteiger partial charge >= 0.3 is 5.97 Å². The topological polar surface area (TPSA) is 125 Å². The lowest BCUT2D eigenvalue weighted by Gasteiger charge is -2.11. The van der Waals surface area contributed by atoms with Crippen molar-refractivity contribution in [2.24, 2.45) is 5.73 Å². The number of carbonyl (C=O) groups is 2. The summed E-state index contributed by atoms with van der Waals surface area (Å²) >= 11 is 0. The monoisotopic (exact) mass is 382 g/mol. The van der Waals surface area contributed by atoms with Gasteiger partial charge in [-0.2, -0.15) is 0 Å². The SMILES string of the molecule is COC(=O)c1ccc(F)c(S(=O)(=O)Nc2ccc(OCC(N)=O)cc2)c1. The van der Waals surface area contributed by atoms with Crippen LogP contribution in [0.15, 0.2) is 47.4 Å². The molecule has 0 unspecified atom stereocenters. The van der Waals surface area contributed by atoms with E-state index in [2.05, 4.69) is 9.46 Å². The molecule has 0 aliphatic carbocycles. The molecule has 1 amide bonds. The fourth-order valence-corrected chi connectivity index (χ4v) is 3.10. The average Bonchev–Trinajstić information content (AvgIpc) is 2.60. The maximum atomic E-state index is 13.9. The van der Waals surface area contributed by atoms with Gasteiger partial charge in [0.05, 0.1) is 12.7 Å². The summed E-state index contributed by atoms with van der Waals surface area (Å²) < 4.78 is 50.4. The van der Waals surface area contributed by atoms with E-state index >= 15 is 0 Å². The Balaban J connectivity index is 2.23. The largest absolute Gasteiger partial charge is 0.484 e. The molecule has 0 saturated heterocycles. The van der Waals surface area contributed by atoms with Gasteiger partial charge in [-0.05, 0) is 42.5 Å². The van der Waals surface area contributed by atoms with Crippen LogP contribution < -0.4 is 15.2 Å². The Morgan fingerprint density at radius 2 is 1.81 bits per heavy atom. The molecule has 0 aliphatic rings. The molecule has 3 N–H and O–H groups in total. The summed E-state index contributed by atoms with van der Waals surface area (Å²) in [5, 5.41) is 0. The molecule has 0 heterocycles. The van der Waals surface area contributed by atoms with E-state index in [1.165, 1.54) is 24.3 Å². The Kier molecular flexibility index (Phi) is 5.78. The van der Waals surface area contributed by atoms with Gasteiger partial charge in [0.25, 0.3) is 15.9 Å². The number of rotatable bonds is 7. The van der Waals surface area contributed by atoms with Crippen molar-refractivity contribution in [1.82, 2.24) is 0 Å². The Bertz CT molecular complexity index is 928. The Labute approximate surface area is 148 Å². The lowest BCUT2D eigenvalue weighted by Crippen LogP contribution is -2.20. The van der Waals surface area contributed by atoms with Crippen LogP contribution >= 0.6 is 0 Å². The van der Waals surface area contributed by atoms with Gasteiger partial charge in [0.15, 0.2) is 6.61 Å². The molecular formula is C16H15FN2O6S. The summed E-state index contributed by atoms with van der Waals surface area (Å²) in [6.07, 6.45) is 0. The van der Waals surface area contributed by atoms with Gasteiger partial charge in [0.2, 0.25) is 0 Å².